The number of benzene rings is 1. The van der Waals surface area contributed by atoms with Gasteiger partial charge in [-0.05, 0) is 75.8 Å². The zero-order valence-electron chi connectivity index (χ0n) is 25.2. The number of methoxy groups -OCH3 is 2. The minimum atomic E-state index is -0.426. The number of hydrogen-bond donors (Lipinski definition) is 1. The lowest BCUT2D eigenvalue weighted by Crippen LogP contribution is -2.55. The fourth-order valence-electron chi connectivity index (χ4n) is 5.99. The molecule has 3 aliphatic rings. The number of unbranched alkanes of at least 4 members (excludes halogenated alkanes) is 2. The lowest BCUT2D eigenvalue weighted by molar-refractivity contribution is -0.162. The van der Waals surface area contributed by atoms with Gasteiger partial charge in [0, 0.05) is 49.1 Å². The summed E-state index contributed by atoms with van der Waals surface area (Å²) in [4.78, 5) is 20.5. The molecule has 1 aromatic carbocycles. The van der Waals surface area contributed by atoms with E-state index in [1.165, 1.54) is 11.1 Å². The van der Waals surface area contributed by atoms with Crippen LogP contribution in [0.3, 0.4) is 0 Å². The summed E-state index contributed by atoms with van der Waals surface area (Å²) in [6.07, 6.45) is 9.35. The summed E-state index contributed by atoms with van der Waals surface area (Å²) in [5.74, 6) is 3.12. The molecule has 224 valence electrons. The quantitative estimate of drug-likeness (QED) is 0.213. The summed E-state index contributed by atoms with van der Waals surface area (Å²) in [7, 11) is 3.45. The number of carbonyl (C=O) groups is 1. The Hall–Kier alpha value is -2.84. The Morgan fingerprint density at radius 2 is 1.93 bits per heavy atom. The number of hydrogen-bond acceptors (Lipinski definition) is 8. The molecule has 41 heavy (non-hydrogen) atoms. The highest BCUT2D eigenvalue weighted by Crippen LogP contribution is 2.48. The molecule has 3 heterocycles. The smallest absolute Gasteiger partial charge is 0.328 e. The fourth-order valence-corrected chi connectivity index (χ4v) is 5.99. The maximum Gasteiger partial charge on any atom is 0.328 e. The first kappa shape index (κ1) is 29.6. The van der Waals surface area contributed by atoms with Crippen molar-refractivity contribution in [2.24, 2.45) is 0 Å². The van der Waals surface area contributed by atoms with E-state index < -0.39 is 6.04 Å². The number of nitrogens with one attached hydrogen (secondary N) is 1. The number of carbonyl (C=O) groups excluding carboxylic acids is 1. The first-order valence-corrected chi connectivity index (χ1v) is 15.6. The van der Waals surface area contributed by atoms with Gasteiger partial charge in [0.15, 0.2) is 0 Å². The molecule has 0 amide bonds. The van der Waals surface area contributed by atoms with E-state index >= 15 is 0 Å². The molecule has 1 saturated heterocycles. The number of esters is 1. The zero-order valence-corrected chi connectivity index (χ0v) is 25.2. The third kappa shape index (κ3) is 7.15. The summed E-state index contributed by atoms with van der Waals surface area (Å²) in [6, 6.07) is 7.75. The predicted octanol–water partition coefficient (Wildman–Crippen LogP) is 5.83. The van der Waals surface area contributed by atoms with E-state index in [0.29, 0.717) is 5.92 Å². The van der Waals surface area contributed by atoms with E-state index in [2.05, 4.69) is 22.3 Å². The molecule has 2 aliphatic heterocycles. The van der Waals surface area contributed by atoms with Crippen molar-refractivity contribution in [3.8, 4) is 11.5 Å². The van der Waals surface area contributed by atoms with Gasteiger partial charge in [-0.3, -0.25) is 4.90 Å². The van der Waals surface area contributed by atoms with Gasteiger partial charge >= 0.3 is 5.97 Å². The van der Waals surface area contributed by atoms with Gasteiger partial charge in [0.1, 0.15) is 23.4 Å². The Morgan fingerprint density at radius 3 is 2.66 bits per heavy atom. The molecule has 0 spiro atoms. The van der Waals surface area contributed by atoms with Gasteiger partial charge in [-0.25, -0.2) is 9.78 Å². The van der Waals surface area contributed by atoms with Crippen LogP contribution in [0.2, 0.25) is 0 Å². The minimum Gasteiger partial charge on any atom is -0.496 e. The Kier molecular flexibility index (Phi) is 10.0. The standard InChI is InChI=1S/C33H47N3O5/c1-5-22(2)41-33(37)31(27-12-9-14-28(38-3)30(27)23-15-16-23)36-20-25(21-36)40-18-8-6-7-11-24-19-29(39-4)26-13-10-17-34-32(26)35-24/h9,12,14,19,22-23,25,31H,5-8,10-11,13,15-18,20-21H2,1-4H3,(H,34,35). The van der Waals surface area contributed by atoms with Crippen LogP contribution >= 0.6 is 0 Å². The third-order valence-corrected chi connectivity index (χ3v) is 8.64. The number of rotatable bonds is 15. The van der Waals surface area contributed by atoms with Crippen LogP contribution in [0.15, 0.2) is 24.3 Å². The second-order valence-electron chi connectivity index (χ2n) is 11.7. The molecule has 5 rings (SSSR count). The van der Waals surface area contributed by atoms with Crippen LogP contribution in [0, 0.1) is 0 Å². The Morgan fingerprint density at radius 1 is 1.12 bits per heavy atom. The van der Waals surface area contributed by atoms with Crippen LogP contribution in [-0.4, -0.2) is 68.5 Å². The molecule has 8 nitrogen and oxygen atoms in total. The van der Waals surface area contributed by atoms with Crippen molar-refractivity contribution in [3.05, 3.63) is 46.6 Å². The van der Waals surface area contributed by atoms with Crippen LogP contribution in [0.1, 0.15) is 93.1 Å². The highest BCUT2D eigenvalue weighted by molar-refractivity contribution is 5.79. The molecule has 1 aromatic heterocycles. The Balaban J connectivity index is 1.11. The highest BCUT2D eigenvalue weighted by Gasteiger charge is 2.42. The van der Waals surface area contributed by atoms with E-state index in [1.807, 2.05) is 26.0 Å². The van der Waals surface area contributed by atoms with Crippen molar-refractivity contribution in [1.82, 2.24) is 9.88 Å². The van der Waals surface area contributed by atoms with Gasteiger partial charge in [-0.1, -0.05) is 25.5 Å². The lowest BCUT2D eigenvalue weighted by Gasteiger charge is -2.43. The van der Waals surface area contributed by atoms with Gasteiger partial charge in [-0.15, -0.1) is 0 Å². The average molecular weight is 566 g/mol. The number of aryl methyl sites for hydroxylation is 1. The van der Waals surface area contributed by atoms with Crippen LogP contribution in [0.25, 0.3) is 0 Å². The summed E-state index contributed by atoms with van der Waals surface area (Å²) < 4.78 is 23.4. The molecular weight excluding hydrogens is 518 g/mol. The third-order valence-electron chi connectivity index (χ3n) is 8.64. The van der Waals surface area contributed by atoms with Crippen LogP contribution in [-0.2, 0) is 27.1 Å². The molecule has 0 bridgehead atoms. The lowest BCUT2D eigenvalue weighted by atomic mass is 9.92. The Labute approximate surface area is 245 Å². The maximum atomic E-state index is 13.5. The minimum absolute atomic E-state index is 0.109. The number of fused-ring (bicyclic) bond motifs is 1. The molecule has 2 aromatic rings. The number of likely N-dealkylation sites (tertiary alicyclic amines) is 1. The Bertz CT molecular complexity index is 1160. The van der Waals surface area contributed by atoms with Crippen molar-refractivity contribution in [3.63, 3.8) is 0 Å². The topological polar surface area (TPSA) is 82.2 Å². The summed E-state index contributed by atoms with van der Waals surface area (Å²) in [6.45, 7) is 7.17. The monoisotopic (exact) mass is 565 g/mol. The number of ether oxygens (including phenoxy) is 4. The molecular formula is C33H47N3O5. The van der Waals surface area contributed by atoms with E-state index in [9.17, 15) is 4.79 Å². The number of anilines is 1. The molecule has 2 fully saturated rings. The normalized spacial score (nSPS) is 18.5. The SMILES string of the molecule is CCC(C)OC(=O)C(c1cccc(OC)c1C1CC1)N1CC(OCCCCCc2cc(OC)c3c(n2)NCCC3)C1. The van der Waals surface area contributed by atoms with Gasteiger partial charge < -0.3 is 24.3 Å². The van der Waals surface area contributed by atoms with Crippen LogP contribution < -0.4 is 14.8 Å². The van der Waals surface area contributed by atoms with Crippen LogP contribution in [0.4, 0.5) is 5.82 Å². The number of pyridine rings is 1. The molecule has 1 aliphatic carbocycles. The second-order valence-corrected chi connectivity index (χ2v) is 11.7. The average Bonchev–Trinajstić information content (AvgIpc) is 3.81. The molecule has 1 saturated carbocycles. The number of nitrogens with zero attached hydrogens (tertiary/aromatic N) is 2. The molecule has 2 atom stereocenters. The van der Waals surface area contributed by atoms with Gasteiger partial charge in [-0.2, -0.15) is 0 Å². The van der Waals surface area contributed by atoms with Crippen molar-refractivity contribution in [2.75, 3.05) is 45.8 Å². The number of aromatic nitrogens is 1. The van der Waals surface area contributed by atoms with Crippen molar-refractivity contribution in [2.45, 2.75) is 95.8 Å². The predicted molar refractivity (Wildman–Crippen MR) is 160 cm³/mol. The van der Waals surface area contributed by atoms with Crippen molar-refractivity contribution < 1.29 is 23.7 Å². The van der Waals surface area contributed by atoms with E-state index in [-0.39, 0.29) is 18.2 Å². The summed E-state index contributed by atoms with van der Waals surface area (Å²) in [5.41, 5.74) is 4.49. The highest BCUT2D eigenvalue weighted by atomic mass is 16.5. The molecule has 2 unspecified atom stereocenters. The second kappa shape index (κ2) is 13.9. The van der Waals surface area contributed by atoms with Gasteiger partial charge in [0.05, 0.1) is 26.4 Å². The molecule has 1 N–H and O–H groups in total. The first-order chi connectivity index (χ1) is 20.0. The van der Waals surface area contributed by atoms with Crippen molar-refractivity contribution >= 4 is 11.8 Å². The van der Waals surface area contributed by atoms with Gasteiger partial charge in [0.2, 0.25) is 0 Å². The van der Waals surface area contributed by atoms with Crippen molar-refractivity contribution in [1.29, 1.82) is 0 Å². The summed E-state index contributed by atoms with van der Waals surface area (Å²) >= 11 is 0. The van der Waals surface area contributed by atoms with E-state index in [4.69, 9.17) is 23.9 Å². The maximum absolute atomic E-state index is 13.5. The largest absolute Gasteiger partial charge is 0.496 e. The van der Waals surface area contributed by atoms with Crippen LogP contribution in [0.5, 0.6) is 11.5 Å². The van der Waals surface area contributed by atoms with E-state index in [1.54, 1.807) is 14.2 Å². The molecule has 0 radical (unpaired) electrons. The van der Waals surface area contributed by atoms with Gasteiger partial charge in [0.25, 0.3) is 0 Å². The summed E-state index contributed by atoms with van der Waals surface area (Å²) in [5, 5.41) is 3.42. The zero-order chi connectivity index (χ0) is 28.8. The van der Waals surface area contributed by atoms with E-state index in [0.717, 1.165) is 113 Å². The first-order valence-electron chi connectivity index (χ1n) is 15.6. The fraction of sp³-hybridized carbons (Fsp3) is 0.636. The molecule has 8 heteroatoms.